The van der Waals surface area contributed by atoms with Crippen LogP contribution in [0.4, 0.5) is 0 Å². The minimum absolute atomic E-state index is 0.0805. The summed E-state index contributed by atoms with van der Waals surface area (Å²) < 4.78 is 43.9. The summed E-state index contributed by atoms with van der Waals surface area (Å²) in [5, 5.41) is 18.5. The van der Waals surface area contributed by atoms with Gasteiger partial charge in [-0.15, -0.1) is 15.9 Å². The number of hydrogen-bond acceptors (Lipinski definition) is 9. The fourth-order valence-corrected chi connectivity index (χ4v) is 6.60. The van der Waals surface area contributed by atoms with Crippen molar-refractivity contribution in [3.05, 3.63) is 71.0 Å². The van der Waals surface area contributed by atoms with E-state index < -0.39 is 28.3 Å². The second-order valence-electron chi connectivity index (χ2n) is 11.2. The number of aromatic nitrogens is 3. The van der Waals surface area contributed by atoms with Crippen molar-refractivity contribution in [2.45, 2.75) is 70.4 Å². The molecule has 0 amide bonds. The van der Waals surface area contributed by atoms with E-state index in [1.165, 1.54) is 0 Å². The highest BCUT2D eigenvalue weighted by Crippen LogP contribution is 2.57. The largest absolute Gasteiger partial charge is 0.487 e. The van der Waals surface area contributed by atoms with Crippen LogP contribution in [0.25, 0.3) is 0 Å². The third kappa shape index (κ3) is 5.99. The monoisotopic (exact) mass is 586 g/mol. The van der Waals surface area contributed by atoms with Crippen LogP contribution in [0.2, 0.25) is 0 Å². The lowest BCUT2D eigenvalue weighted by Gasteiger charge is -2.42. The lowest BCUT2D eigenvalue weighted by Crippen LogP contribution is -2.35. The van der Waals surface area contributed by atoms with Crippen LogP contribution in [0.15, 0.2) is 53.6 Å². The van der Waals surface area contributed by atoms with E-state index in [1.54, 1.807) is 47.2 Å². The summed E-state index contributed by atoms with van der Waals surface area (Å²) in [7, 11) is -3.34. The SMILES string of the molecule is CCC1CN(Cc2cc(C(OCc3cn(C4COC4)nn3)C(C)(C)C(=O)O)ccc2C)S(O)(O)c2ccccc2O1. The van der Waals surface area contributed by atoms with Crippen molar-refractivity contribution in [2.75, 3.05) is 19.8 Å². The number of aryl methyl sites for hydroxylation is 1. The van der Waals surface area contributed by atoms with Crippen LogP contribution in [-0.2, 0) is 27.4 Å². The third-order valence-electron chi connectivity index (χ3n) is 7.84. The smallest absolute Gasteiger partial charge is 0.312 e. The number of ether oxygens (including phenoxy) is 3. The predicted octanol–water partition coefficient (Wildman–Crippen LogP) is 5.22. The molecule has 0 spiro atoms. The topological polar surface area (TPSA) is 139 Å². The van der Waals surface area contributed by atoms with Gasteiger partial charge in [0.2, 0.25) is 0 Å². The molecule has 2 aliphatic heterocycles. The molecule has 0 bridgehead atoms. The molecule has 1 saturated heterocycles. The molecular formula is C29H38N4O7S. The molecular weight excluding hydrogens is 548 g/mol. The predicted molar refractivity (Wildman–Crippen MR) is 153 cm³/mol. The molecule has 2 unspecified atom stereocenters. The van der Waals surface area contributed by atoms with Crippen molar-refractivity contribution >= 4 is 16.7 Å². The summed E-state index contributed by atoms with van der Waals surface area (Å²) in [6.45, 7) is 9.02. The van der Waals surface area contributed by atoms with Crippen molar-refractivity contribution in [1.29, 1.82) is 0 Å². The number of rotatable bonds is 10. The Kier molecular flexibility index (Phi) is 8.42. The summed E-state index contributed by atoms with van der Waals surface area (Å²) in [5.74, 6) is -0.521. The lowest BCUT2D eigenvalue weighted by molar-refractivity contribution is -0.158. The molecule has 2 aromatic carbocycles. The molecule has 222 valence electrons. The maximum absolute atomic E-state index is 12.4. The Bertz CT molecular complexity index is 1390. The van der Waals surface area contributed by atoms with E-state index in [1.807, 2.05) is 38.1 Å². The molecule has 0 aliphatic carbocycles. The number of carboxylic acid groups (broad SMARTS) is 1. The number of nitrogens with zero attached hydrogens (tertiary/aromatic N) is 4. The van der Waals surface area contributed by atoms with Crippen LogP contribution in [0, 0.1) is 12.3 Å². The van der Waals surface area contributed by atoms with Gasteiger partial charge >= 0.3 is 5.97 Å². The van der Waals surface area contributed by atoms with Crippen LogP contribution in [0.5, 0.6) is 5.75 Å². The highest BCUT2D eigenvalue weighted by atomic mass is 32.3. The van der Waals surface area contributed by atoms with Gasteiger partial charge in [-0.05, 0) is 56.0 Å². The standard InChI is InChI=1S/C29H38N4O7S/c1-5-24-15-32(41(36,37)26-9-7-6-8-25(26)40-24)13-21-12-20(11-10-19(21)2)27(29(3,4)28(34)35)39-16-22-14-33(31-30-22)23-17-38-18-23/h6-12,14,23-24,27,36-37H,5,13,15-18H2,1-4H3,(H,34,35). The zero-order valence-electron chi connectivity index (χ0n) is 23.8. The Morgan fingerprint density at radius 2 is 1.98 bits per heavy atom. The van der Waals surface area contributed by atoms with Gasteiger partial charge in [0, 0.05) is 6.54 Å². The Hall–Kier alpha value is -3.00. The summed E-state index contributed by atoms with van der Waals surface area (Å²) >= 11 is 0. The van der Waals surface area contributed by atoms with Crippen LogP contribution >= 0.6 is 10.8 Å². The maximum Gasteiger partial charge on any atom is 0.312 e. The Labute approximate surface area is 241 Å². The second-order valence-corrected chi connectivity index (χ2v) is 13.2. The normalized spacial score (nSPS) is 20.8. The first-order valence-corrected chi connectivity index (χ1v) is 15.2. The Balaban J connectivity index is 1.43. The van der Waals surface area contributed by atoms with Crippen LogP contribution in [-0.4, -0.2) is 65.3 Å². The molecule has 0 radical (unpaired) electrons. The van der Waals surface area contributed by atoms with Crippen LogP contribution in [0.3, 0.4) is 0 Å². The summed E-state index contributed by atoms with van der Waals surface area (Å²) in [6.07, 6.45) is 1.46. The molecule has 3 N–H and O–H groups in total. The third-order valence-corrected chi connectivity index (χ3v) is 9.77. The van der Waals surface area contributed by atoms with Crippen molar-refractivity contribution in [2.24, 2.45) is 5.41 Å². The van der Waals surface area contributed by atoms with Crippen molar-refractivity contribution in [1.82, 2.24) is 19.3 Å². The number of hydrogen-bond donors (Lipinski definition) is 3. The van der Waals surface area contributed by atoms with Gasteiger partial charge in [-0.2, -0.15) is 4.31 Å². The first-order valence-electron chi connectivity index (χ1n) is 13.7. The van der Waals surface area contributed by atoms with Gasteiger partial charge in [0.05, 0.1) is 44.1 Å². The number of carbonyl (C=O) groups is 1. The molecule has 2 aliphatic rings. The van der Waals surface area contributed by atoms with E-state index in [4.69, 9.17) is 14.2 Å². The number of aliphatic carboxylic acids is 1. The van der Waals surface area contributed by atoms with Gasteiger partial charge < -0.3 is 19.3 Å². The van der Waals surface area contributed by atoms with Gasteiger partial charge in [0.15, 0.2) is 0 Å². The van der Waals surface area contributed by atoms with Gasteiger partial charge in [-0.1, -0.05) is 42.5 Å². The number of fused-ring (bicyclic) bond motifs is 1. The maximum atomic E-state index is 12.4. The molecule has 1 fully saturated rings. The zero-order valence-corrected chi connectivity index (χ0v) is 24.6. The zero-order chi connectivity index (χ0) is 29.4. The van der Waals surface area contributed by atoms with E-state index in [-0.39, 0.29) is 25.3 Å². The fraction of sp³-hybridized carbons (Fsp3) is 0.483. The van der Waals surface area contributed by atoms with Crippen molar-refractivity contribution in [3.8, 4) is 5.75 Å². The number of carboxylic acids is 1. The first-order chi connectivity index (χ1) is 19.5. The van der Waals surface area contributed by atoms with E-state index in [0.29, 0.717) is 48.1 Å². The van der Waals surface area contributed by atoms with Crippen LogP contribution in [0.1, 0.15) is 61.7 Å². The average Bonchev–Trinajstić information content (AvgIpc) is 3.32. The minimum atomic E-state index is -3.34. The highest BCUT2D eigenvalue weighted by Gasteiger charge is 2.40. The van der Waals surface area contributed by atoms with Gasteiger partial charge in [-0.25, -0.2) is 4.68 Å². The lowest BCUT2D eigenvalue weighted by atomic mass is 9.81. The van der Waals surface area contributed by atoms with E-state index in [9.17, 15) is 19.0 Å². The van der Waals surface area contributed by atoms with Gasteiger partial charge in [-0.3, -0.25) is 13.9 Å². The Morgan fingerprint density at radius 1 is 1.22 bits per heavy atom. The highest BCUT2D eigenvalue weighted by molar-refractivity contribution is 8.22. The summed E-state index contributed by atoms with van der Waals surface area (Å²) in [4.78, 5) is 12.7. The first kappa shape index (κ1) is 29.5. The Morgan fingerprint density at radius 3 is 2.66 bits per heavy atom. The second kappa shape index (κ2) is 11.7. The molecule has 3 heterocycles. The summed E-state index contributed by atoms with van der Waals surface area (Å²) in [5.41, 5.74) is 1.78. The summed E-state index contributed by atoms with van der Waals surface area (Å²) in [6, 6.07) is 12.9. The number of para-hydroxylation sites is 1. The molecule has 12 heteroatoms. The minimum Gasteiger partial charge on any atom is -0.487 e. The average molecular weight is 587 g/mol. The van der Waals surface area contributed by atoms with E-state index in [0.717, 1.165) is 11.1 Å². The van der Waals surface area contributed by atoms with Gasteiger partial charge in [0.1, 0.15) is 28.5 Å². The molecule has 2 atom stereocenters. The molecule has 5 rings (SSSR count). The molecule has 0 saturated carbocycles. The van der Waals surface area contributed by atoms with Crippen molar-refractivity contribution < 1.29 is 33.2 Å². The van der Waals surface area contributed by atoms with Crippen LogP contribution < -0.4 is 4.74 Å². The quantitative estimate of drug-likeness (QED) is 0.290. The van der Waals surface area contributed by atoms with E-state index in [2.05, 4.69) is 10.3 Å². The molecule has 41 heavy (non-hydrogen) atoms. The van der Waals surface area contributed by atoms with Gasteiger partial charge in [0.25, 0.3) is 0 Å². The molecule has 1 aromatic heterocycles. The van der Waals surface area contributed by atoms with E-state index >= 15 is 0 Å². The number of benzene rings is 2. The van der Waals surface area contributed by atoms with Crippen molar-refractivity contribution in [3.63, 3.8) is 0 Å². The fourth-order valence-electron chi connectivity index (χ4n) is 4.98. The molecule has 3 aromatic rings. The molecule has 11 nitrogen and oxygen atoms in total.